The molecular formula is C14H15F2NO4S. The molecule has 0 aliphatic rings. The lowest BCUT2D eigenvalue weighted by Gasteiger charge is -2.21. The minimum atomic E-state index is -4.06. The zero-order chi connectivity index (χ0) is 16.2. The third-order valence-corrected chi connectivity index (χ3v) is 4.78. The van der Waals surface area contributed by atoms with Crippen molar-refractivity contribution in [2.45, 2.75) is 11.4 Å². The molecule has 0 unspecified atom stereocenters. The normalized spacial score (nSPS) is 12.0. The molecular weight excluding hydrogens is 316 g/mol. The summed E-state index contributed by atoms with van der Waals surface area (Å²) in [6.07, 6.45) is 2.82. The second kappa shape index (κ2) is 6.99. The molecule has 0 saturated heterocycles. The number of hydrogen-bond acceptors (Lipinski definition) is 4. The van der Waals surface area contributed by atoms with E-state index in [0.717, 1.165) is 16.4 Å². The van der Waals surface area contributed by atoms with Gasteiger partial charge in [0.05, 0.1) is 24.0 Å². The molecule has 0 N–H and O–H groups in total. The summed E-state index contributed by atoms with van der Waals surface area (Å²) in [4.78, 5) is -0.440. The van der Waals surface area contributed by atoms with Gasteiger partial charge < -0.3 is 9.15 Å². The summed E-state index contributed by atoms with van der Waals surface area (Å²) in [5.41, 5.74) is 0.622. The number of sulfonamides is 1. The third kappa shape index (κ3) is 3.90. The van der Waals surface area contributed by atoms with Crippen LogP contribution >= 0.6 is 0 Å². The van der Waals surface area contributed by atoms with Crippen molar-refractivity contribution < 1.29 is 26.4 Å². The molecule has 22 heavy (non-hydrogen) atoms. The Morgan fingerprint density at radius 3 is 2.45 bits per heavy atom. The lowest BCUT2D eigenvalue weighted by molar-refractivity contribution is 0.177. The highest BCUT2D eigenvalue weighted by atomic mass is 32.2. The lowest BCUT2D eigenvalue weighted by Crippen LogP contribution is -2.33. The van der Waals surface area contributed by atoms with Gasteiger partial charge in [0.25, 0.3) is 0 Å². The fourth-order valence-electron chi connectivity index (χ4n) is 1.89. The number of rotatable bonds is 7. The summed E-state index contributed by atoms with van der Waals surface area (Å²) in [5, 5.41) is 0. The largest absolute Gasteiger partial charge is 0.472 e. The highest BCUT2D eigenvalue weighted by molar-refractivity contribution is 7.89. The maximum absolute atomic E-state index is 13.3. The van der Waals surface area contributed by atoms with Crippen LogP contribution in [0.5, 0.6) is 0 Å². The van der Waals surface area contributed by atoms with Gasteiger partial charge in [0.1, 0.15) is 11.6 Å². The Bertz CT molecular complexity index is 696. The van der Waals surface area contributed by atoms with Crippen LogP contribution in [-0.2, 0) is 21.3 Å². The van der Waals surface area contributed by atoms with E-state index in [1.165, 1.54) is 19.6 Å². The van der Waals surface area contributed by atoms with Gasteiger partial charge in [0.2, 0.25) is 10.0 Å². The zero-order valence-electron chi connectivity index (χ0n) is 11.8. The van der Waals surface area contributed by atoms with Gasteiger partial charge >= 0.3 is 0 Å². The van der Waals surface area contributed by atoms with Gasteiger partial charge in [-0.2, -0.15) is 4.31 Å². The Hall–Kier alpha value is -1.77. The summed E-state index contributed by atoms with van der Waals surface area (Å²) < 4.78 is 62.6. The molecule has 5 nitrogen and oxygen atoms in total. The predicted octanol–water partition coefficient (Wildman–Crippen LogP) is 2.40. The Balaban J connectivity index is 2.34. The number of methoxy groups -OCH3 is 1. The molecule has 8 heteroatoms. The van der Waals surface area contributed by atoms with Crippen molar-refractivity contribution in [1.29, 1.82) is 0 Å². The molecule has 0 bridgehead atoms. The van der Waals surface area contributed by atoms with Crippen LogP contribution in [0.15, 0.2) is 46.1 Å². The summed E-state index contributed by atoms with van der Waals surface area (Å²) in [6.45, 7) is 0.206. The van der Waals surface area contributed by atoms with E-state index >= 15 is 0 Å². The Morgan fingerprint density at radius 1 is 1.23 bits per heavy atom. The van der Waals surface area contributed by atoms with Crippen LogP contribution in [0.2, 0.25) is 0 Å². The SMILES string of the molecule is COCCN(Cc1ccoc1)S(=O)(=O)c1cc(F)cc(F)c1. The lowest BCUT2D eigenvalue weighted by atomic mass is 10.3. The molecule has 0 radical (unpaired) electrons. The Kier molecular flexibility index (Phi) is 5.28. The van der Waals surface area contributed by atoms with E-state index < -0.39 is 26.6 Å². The molecule has 120 valence electrons. The van der Waals surface area contributed by atoms with Gasteiger partial charge in [0.15, 0.2) is 0 Å². The number of nitrogens with zero attached hydrogens (tertiary/aromatic N) is 1. The van der Waals surface area contributed by atoms with Crippen LogP contribution in [-0.4, -0.2) is 33.0 Å². The van der Waals surface area contributed by atoms with E-state index in [2.05, 4.69) is 0 Å². The van der Waals surface area contributed by atoms with Crippen molar-refractivity contribution in [3.05, 3.63) is 54.0 Å². The monoisotopic (exact) mass is 331 g/mol. The van der Waals surface area contributed by atoms with Crippen LogP contribution in [0.3, 0.4) is 0 Å². The summed E-state index contributed by atoms with van der Waals surface area (Å²) in [5.74, 6) is -1.90. The molecule has 0 atom stereocenters. The highest BCUT2D eigenvalue weighted by Gasteiger charge is 2.26. The van der Waals surface area contributed by atoms with E-state index in [1.807, 2.05) is 0 Å². The first-order valence-electron chi connectivity index (χ1n) is 6.40. The number of hydrogen-bond donors (Lipinski definition) is 0. The molecule has 0 spiro atoms. The van der Waals surface area contributed by atoms with Crippen LogP contribution in [0.1, 0.15) is 5.56 Å². The standard InChI is InChI=1S/C14H15F2NO4S/c1-20-5-3-17(9-11-2-4-21-10-11)22(18,19)14-7-12(15)6-13(16)8-14/h2,4,6-8,10H,3,5,9H2,1H3. The third-order valence-electron chi connectivity index (χ3n) is 2.96. The number of ether oxygens (including phenoxy) is 1. The quantitative estimate of drug-likeness (QED) is 0.782. The molecule has 1 aromatic carbocycles. The first-order valence-corrected chi connectivity index (χ1v) is 7.84. The van der Waals surface area contributed by atoms with E-state index in [0.29, 0.717) is 11.6 Å². The molecule has 1 aromatic heterocycles. The van der Waals surface area contributed by atoms with Gasteiger partial charge in [-0.05, 0) is 18.2 Å². The fraction of sp³-hybridized carbons (Fsp3) is 0.286. The van der Waals surface area contributed by atoms with E-state index in [-0.39, 0.29) is 19.7 Å². The van der Waals surface area contributed by atoms with Crippen molar-refractivity contribution in [2.75, 3.05) is 20.3 Å². The molecule has 0 aliphatic heterocycles. The first kappa shape index (κ1) is 16.6. The number of benzene rings is 1. The second-order valence-electron chi connectivity index (χ2n) is 4.57. The Morgan fingerprint density at radius 2 is 1.91 bits per heavy atom. The van der Waals surface area contributed by atoms with Crippen molar-refractivity contribution in [3.63, 3.8) is 0 Å². The average Bonchev–Trinajstić information content (AvgIpc) is 2.95. The van der Waals surface area contributed by atoms with E-state index in [4.69, 9.17) is 9.15 Å². The second-order valence-corrected chi connectivity index (χ2v) is 6.51. The minimum Gasteiger partial charge on any atom is -0.472 e. The first-order chi connectivity index (χ1) is 10.4. The molecule has 0 aliphatic carbocycles. The fourth-order valence-corrected chi connectivity index (χ4v) is 3.35. The summed E-state index contributed by atoms with van der Waals surface area (Å²) in [7, 11) is -2.63. The smallest absolute Gasteiger partial charge is 0.243 e. The maximum Gasteiger partial charge on any atom is 0.243 e. The van der Waals surface area contributed by atoms with Crippen molar-refractivity contribution in [1.82, 2.24) is 4.31 Å². The van der Waals surface area contributed by atoms with Crippen molar-refractivity contribution in [2.24, 2.45) is 0 Å². The molecule has 2 rings (SSSR count). The van der Waals surface area contributed by atoms with Crippen LogP contribution in [0.4, 0.5) is 8.78 Å². The molecule has 0 amide bonds. The molecule has 0 saturated carbocycles. The predicted molar refractivity (Wildman–Crippen MR) is 74.5 cm³/mol. The van der Waals surface area contributed by atoms with E-state index in [1.54, 1.807) is 6.07 Å². The van der Waals surface area contributed by atoms with Gasteiger partial charge in [-0.25, -0.2) is 17.2 Å². The van der Waals surface area contributed by atoms with Crippen LogP contribution in [0.25, 0.3) is 0 Å². The molecule has 0 fully saturated rings. The highest BCUT2D eigenvalue weighted by Crippen LogP contribution is 2.20. The van der Waals surface area contributed by atoms with Gasteiger partial charge in [-0.15, -0.1) is 0 Å². The summed E-state index contributed by atoms with van der Waals surface area (Å²) in [6, 6.07) is 3.80. The number of halogens is 2. The number of furan rings is 1. The van der Waals surface area contributed by atoms with Gasteiger partial charge in [0, 0.05) is 31.8 Å². The molecule has 1 heterocycles. The zero-order valence-corrected chi connectivity index (χ0v) is 12.6. The summed E-state index contributed by atoms with van der Waals surface area (Å²) >= 11 is 0. The van der Waals surface area contributed by atoms with E-state index in [9.17, 15) is 17.2 Å². The molecule has 2 aromatic rings. The van der Waals surface area contributed by atoms with Gasteiger partial charge in [-0.3, -0.25) is 0 Å². The van der Waals surface area contributed by atoms with Crippen LogP contribution in [0, 0.1) is 11.6 Å². The van der Waals surface area contributed by atoms with Crippen LogP contribution < -0.4 is 0 Å². The average molecular weight is 331 g/mol. The Labute approximate surface area is 127 Å². The van der Waals surface area contributed by atoms with Crippen molar-refractivity contribution in [3.8, 4) is 0 Å². The topological polar surface area (TPSA) is 59.8 Å². The van der Waals surface area contributed by atoms with Crippen molar-refractivity contribution >= 4 is 10.0 Å². The van der Waals surface area contributed by atoms with Gasteiger partial charge in [-0.1, -0.05) is 0 Å². The maximum atomic E-state index is 13.3. The minimum absolute atomic E-state index is 0.0142.